The number of benzene rings is 4. The third kappa shape index (κ3) is 6.70. The molecule has 1 aliphatic rings. The first-order valence-corrected chi connectivity index (χ1v) is 14.4. The lowest BCUT2D eigenvalue weighted by atomic mass is 10.1. The lowest BCUT2D eigenvalue weighted by Crippen LogP contribution is -2.47. The zero-order chi connectivity index (χ0) is 31.5. The summed E-state index contributed by atoms with van der Waals surface area (Å²) in [5.41, 5.74) is 3.31. The van der Waals surface area contributed by atoms with Crippen molar-refractivity contribution in [1.29, 1.82) is 0 Å². The molecule has 6 rings (SSSR count). The Bertz CT molecular complexity index is 1830. The molecule has 0 bridgehead atoms. The summed E-state index contributed by atoms with van der Waals surface area (Å²) in [5.74, 6) is -2.97. The van der Waals surface area contributed by atoms with Crippen molar-refractivity contribution in [2.45, 2.75) is 18.9 Å². The normalized spacial score (nSPS) is 12.5. The Labute approximate surface area is 257 Å². The van der Waals surface area contributed by atoms with Gasteiger partial charge in [-0.1, -0.05) is 42.5 Å². The molecule has 1 N–H and O–H groups in total. The van der Waals surface area contributed by atoms with Gasteiger partial charge in [0.05, 0.1) is 0 Å². The van der Waals surface area contributed by atoms with Gasteiger partial charge < -0.3 is 24.3 Å². The first-order chi connectivity index (χ1) is 21.7. The largest absolute Gasteiger partial charge is 0.457 e. The average Bonchev–Trinajstić information content (AvgIpc) is 3.67. The van der Waals surface area contributed by atoms with E-state index < -0.39 is 30.0 Å². The van der Waals surface area contributed by atoms with Crippen molar-refractivity contribution in [3.8, 4) is 11.5 Å². The second-order valence-corrected chi connectivity index (χ2v) is 10.9. The molecule has 0 saturated carbocycles. The number of nitrogens with zero attached hydrogens (tertiary/aromatic N) is 2. The molecule has 8 nitrogen and oxygen atoms in total. The Hall–Kier alpha value is -5.51. The van der Waals surface area contributed by atoms with E-state index in [4.69, 9.17) is 9.15 Å². The molecule has 0 aliphatic heterocycles. The molecule has 0 fully saturated rings. The number of rotatable bonds is 9. The number of anilines is 1. The first kappa shape index (κ1) is 29.6. The third-order valence-electron chi connectivity index (χ3n) is 7.82. The Morgan fingerprint density at radius 1 is 0.822 bits per heavy atom. The van der Waals surface area contributed by atoms with Gasteiger partial charge >= 0.3 is 0 Å². The van der Waals surface area contributed by atoms with Gasteiger partial charge in [0.2, 0.25) is 11.8 Å². The number of likely N-dealkylation sites (N-methyl/N-ethyl adjacent to an activating group) is 1. The van der Waals surface area contributed by atoms with Crippen LogP contribution in [0, 0.1) is 11.6 Å². The number of fused-ring (bicyclic) bond motifs is 2. The van der Waals surface area contributed by atoms with Crippen LogP contribution in [0.3, 0.4) is 0 Å². The molecule has 0 spiro atoms. The second kappa shape index (κ2) is 12.6. The molecule has 45 heavy (non-hydrogen) atoms. The fraction of sp³-hybridized carbons (Fsp3) is 0.171. The van der Waals surface area contributed by atoms with E-state index in [0.717, 1.165) is 17.5 Å². The van der Waals surface area contributed by atoms with Crippen LogP contribution in [0.1, 0.15) is 21.7 Å². The van der Waals surface area contributed by atoms with Gasteiger partial charge in [0.25, 0.3) is 5.91 Å². The summed E-state index contributed by atoms with van der Waals surface area (Å²) in [5, 5.41) is 3.45. The summed E-state index contributed by atoms with van der Waals surface area (Å²) < 4.78 is 38.0. The summed E-state index contributed by atoms with van der Waals surface area (Å²) in [6.07, 6.45) is 1.43. The molecule has 0 radical (unpaired) electrons. The third-order valence-corrected chi connectivity index (χ3v) is 7.82. The van der Waals surface area contributed by atoms with E-state index in [0.29, 0.717) is 29.9 Å². The van der Waals surface area contributed by atoms with Crippen LogP contribution in [-0.4, -0.2) is 53.7 Å². The quantitative estimate of drug-likeness (QED) is 0.215. The van der Waals surface area contributed by atoms with Crippen LogP contribution in [0.5, 0.6) is 11.5 Å². The molecular formula is C35H29F2N3O5. The van der Waals surface area contributed by atoms with Gasteiger partial charge in [-0.2, -0.15) is 0 Å². The van der Waals surface area contributed by atoms with E-state index in [2.05, 4.69) is 17.4 Å². The van der Waals surface area contributed by atoms with Crippen LogP contribution in [0.4, 0.5) is 14.5 Å². The lowest BCUT2D eigenvalue weighted by molar-refractivity contribution is -0.132. The summed E-state index contributed by atoms with van der Waals surface area (Å²) in [4.78, 5) is 43.1. The zero-order valence-corrected chi connectivity index (χ0v) is 24.3. The maximum atomic E-state index is 13.6. The van der Waals surface area contributed by atoms with Gasteiger partial charge in [-0.15, -0.1) is 0 Å². The smallest absolute Gasteiger partial charge is 0.290 e. The predicted molar refractivity (Wildman–Crippen MR) is 164 cm³/mol. The minimum absolute atomic E-state index is 0.0199. The Balaban J connectivity index is 1.15. The number of hydrogen-bond acceptors (Lipinski definition) is 5. The average molecular weight is 610 g/mol. The highest BCUT2D eigenvalue weighted by molar-refractivity contribution is 6.01. The van der Waals surface area contributed by atoms with Crippen LogP contribution in [0.15, 0.2) is 101 Å². The molecule has 1 aliphatic carbocycles. The van der Waals surface area contributed by atoms with Gasteiger partial charge in [0.15, 0.2) is 17.4 Å². The first-order valence-electron chi connectivity index (χ1n) is 14.4. The van der Waals surface area contributed by atoms with Crippen molar-refractivity contribution in [1.82, 2.24) is 9.80 Å². The number of nitrogens with one attached hydrogen (secondary N) is 1. The molecule has 0 saturated heterocycles. The molecule has 0 atom stereocenters. The molecule has 1 aromatic heterocycles. The fourth-order valence-corrected chi connectivity index (χ4v) is 5.39. The van der Waals surface area contributed by atoms with Crippen molar-refractivity contribution >= 4 is 34.4 Å². The SMILES string of the molecule is CN(C(=O)CN(CC(=O)Nc1ccc(Oc2ccc(F)c(F)c2)cc1)C(=O)c1cc2ccccc2o1)C1Cc2ccccc2C1. The number of para-hydroxylation sites is 1. The van der Waals surface area contributed by atoms with Gasteiger partial charge in [-0.3, -0.25) is 14.4 Å². The van der Waals surface area contributed by atoms with E-state index in [1.807, 2.05) is 24.3 Å². The minimum Gasteiger partial charge on any atom is -0.457 e. The van der Waals surface area contributed by atoms with Gasteiger partial charge in [-0.05, 0) is 72.5 Å². The van der Waals surface area contributed by atoms with Crippen LogP contribution in [0.25, 0.3) is 11.0 Å². The maximum absolute atomic E-state index is 13.6. The fourth-order valence-electron chi connectivity index (χ4n) is 5.39. The lowest BCUT2D eigenvalue weighted by Gasteiger charge is -2.28. The monoisotopic (exact) mass is 609 g/mol. The number of halogens is 2. The molecular weight excluding hydrogens is 580 g/mol. The van der Waals surface area contributed by atoms with Crippen molar-refractivity contribution in [2.24, 2.45) is 0 Å². The van der Waals surface area contributed by atoms with Crippen molar-refractivity contribution in [3.63, 3.8) is 0 Å². The second-order valence-electron chi connectivity index (χ2n) is 10.9. The van der Waals surface area contributed by atoms with Crippen molar-refractivity contribution in [2.75, 3.05) is 25.5 Å². The highest BCUT2D eigenvalue weighted by Gasteiger charge is 2.31. The number of hydrogen-bond donors (Lipinski definition) is 1. The molecule has 1 heterocycles. The van der Waals surface area contributed by atoms with Crippen LogP contribution in [0.2, 0.25) is 0 Å². The molecule has 5 aromatic rings. The maximum Gasteiger partial charge on any atom is 0.290 e. The number of carbonyl (C=O) groups is 3. The topological polar surface area (TPSA) is 92.1 Å². The number of amides is 3. The summed E-state index contributed by atoms with van der Waals surface area (Å²) >= 11 is 0. The number of carbonyl (C=O) groups excluding carboxylic acids is 3. The van der Waals surface area contributed by atoms with Crippen LogP contribution in [-0.2, 0) is 22.4 Å². The molecule has 228 valence electrons. The van der Waals surface area contributed by atoms with E-state index in [1.54, 1.807) is 54.4 Å². The van der Waals surface area contributed by atoms with Gasteiger partial charge in [0.1, 0.15) is 30.2 Å². The minimum atomic E-state index is -1.03. The van der Waals surface area contributed by atoms with Crippen molar-refractivity contribution in [3.05, 3.63) is 126 Å². The van der Waals surface area contributed by atoms with E-state index in [-0.39, 0.29) is 30.0 Å². The van der Waals surface area contributed by atoms with Crippen LogP contribution < -0.4 is 10.1 Å². The Morgan fingerprint density at radius 2 is 1.49 bits per heavy atom. The zero-order valence-electron chi connectivity index (χ0n) is 24.3. The Kier molecular flexibility index (Phi) is 8.28. The molecule has 10 heteroatoms. The van der Waals surface area contributed by atoms with Crippen molar-refractivity contribution < 1.29 is 32.3 Å². The molecule has 4 aromatic carbocycles. The standard InChI is InChI=1S/C35H29F2N3O5/c1-39(26-16-22-6-2-3-7-23(22)17-26)34(42)21-40(35(43)32-18-24-8-4-5-9-31(24)45-32)20-33(41)38-25-10-12-27(13-11-25)44-28-14-15-29(36)30(37)19-28/h2-15,18-19,26H,16-17,20-21H2,1H3,(H,38,41). The summed E-state index contributed by atoms with van der Waals surface area (Å²) in [6, 6.07) is 26.2. The van der Waals surface area contributed by atoms with Gasteiger partial charge in [0, 0.05) is 30.2 Å². The van der Waals surface area contributed by atoms with E-state index >= 15 is 0 Å². The Morgan fingerprint density at radius 3 is 2.18 bits per heavy atom. The van der Waals surface area contributed by atoms with Gasteiger partial charge in [-0.25, -0.2) is 8.78 Å². The predicted octanol–water partition coefficient (Wildman–Crippen LogP) is 6.21. The van der Waals surface area contributed by atoms with Crippen LogP contribution >= 0.6 is 0 Å². The van der Waals surface area contributed by atoms with E-state index in [1.165, 1.54) is 22.1 Å². The highest BCUT2D eigenvalue weighted by Crippen LogP contribution is 2.27. The molecule has 3 amide bonds. The summed E-state index contributed by atoms with van der Waals surface area (Å²) in [6.45, 7) is -0.735. The van der Waals surface area contributed by atoms with E-state index in [9.17, 15) is 23.2 Å². The summed E-state index contributed by atoms with van der Waals surface area (Å²) in [7, 11) is 1.72. The highest BCUT2D eigenvalue weighted by atomic mass is 19.2. The molecule has 0 unspecified atom stereocenters. The number of furan rings is 1. The number of ether oxygens (including phenoxy) is 1.